The summed E-state index contributed by atoms with van der Waals surface area (Å²) in [5.74, 6) is 2.93. The van der Waals surface area contributed by atoms with Crippen molar-refractivity contribution in [2.75, 3.05) is 11.1 Å². The van der Waals surface area contributed by atoms with E-state index < -0.39 is 0 Å². The molecule has 0 atom stereocenters. The minimum Gasteiger partial charge on any atom is -0.368 e. The Labute approximate surface area is 146 Å². The number of nitrogens with one attached hydrogen (secondary N) is 2. The first-order valence-corrected chi connectivity index (χ1v) is 8.31. The number of nitrogens with zero attached hydrogens (tertiary/aromatic N) is 4. The van der Waals surface area contributed by atoms with Crippen LogP contribution in [0.15, 0.2) is 22.9 Å². The van der Waals surface area contributed by atoms with Crippen LogP contribution in [0.2, 0.25) is 0 Å². The van der Waals surface area contributed by atoms with Gasteiger partial charge in [0, 0.05) is 36.0 Å². The van der Waals surface area contributed by atoms with Crippen molar-refractivity contribution in [3.63, 3.8) is 0 Å². The van der Waals surface area contributed by atoms with Crippen molar-refractivity contribution < 1.29 is 4.52 Å². The smallest absolute Gasteiger partial charge is 0.221 e. The van der Waals surface area contributed by atoms with Crippen LogP contribution in [-0.2, 0) is 6.42 Å². The van der Waals surface area contributed by atoms with Crippen LogP contribution in [0.25, 0.3) is 0 Å². The average Bonchev–Trinajstić information content (AvgIpc) is 3.19. The summed E-state index contributed by atoms with van der Waals surface area (Å²) in [6.45, 7) is 8.35. The highest BCUT2D eigenvalue weighted by atomic mass is 16.5. The fourth-order valence-corrected chi connectivity index (χ4v) is 2.35. The van der Waals surface area contributed by atoms with E-state index in [1.807, 2.05) is 12.1 Å². The van der Waals surface area contributed by atoms with Gasteiger partial charge in [0.25, 0.3) is 0 Å². The van der Waals surface area contributed by atoms with Gasteiger partial charge in [0.05, 0.1) is 5.69 Å². The van der Waals surface area contributed by atoms with E-state index in [2.05, 4.69) is 58.3 Å². The maximum absolute atomic E-state index is 5.75. The second-order valence-electron chi connectivity index (χ2n) is 6.64. The van der Waals surface area contributed by atoms with Gasteiger partial charge in [0.1, 0.15) is 11.6 Å². The lowest BCUT2D eigenvalue weighted by Crippen LogP contribution is -2.04. The quantitative estimate of drug-likeness (QED) is 0.629. The third-order valence-electron chi connectivity index (χ3n) is 3.88. The molecule has 0 aliphatic rings. The summed E-state index contributed by atoms with van der Waals surface area (Å²) in [6, 6.07) is 3.91. The molecule has 3 rings (SSSR count). The first kappa shape index (κ1) is 16.9. The maximum Gasteiger partial charge on any atom is 0.221 e. The first-order chi connectivity index (χ1) is 11.9. The molecule has 8 heteroatoms. The molecule has 0 aliphatic heterocycles. The molecule has 3 aromatic heterocycles. The topological polar surface area (TPSA) is 119 Å². The second-order valence-corrected chi connectivity index (χ2v) is 6.64. The Morgan fingerprint density at radius 3 is 2.64 bits per heavy atom. The molecule has 0 spiro atoms. The molecule has 0 aromatic carbocycles. The minimum atomic E-state index is 0.200. The third-order valence-corrected chi connectivity index (χ3v) is 3.88. The van der Waals surface area contributed by atoms with Crippen LogP contribution >= 0.6 is 0 Å². The molecule has 0 saturated carbocycles. The highest BCUT2D eigenvalue weighted by Gasteiger charge is 2.14. The highest BCUT2D eigenvalue weighted by Crippen LogP contribution is 2.24. The van der Waals surface area contributed by atoms with Crippen LogP contribution in [0.5, 0.6) is 0 Å². The lowest BCUT2D eigenvalue weighted by atomic mass is 10.1. The molecule has 0 amide bonds. The molecule has 0 saturated heterocycles. The normalized spacial score (nSPS) is 11.4. The van der Waals surface area contributed by atoms with Crippen molar-refractivity contribution in [3.8, 4) is 0 Å². The van der Waals surface area contributed by atoms with E-state index in [-0.39, 0.29) is 5.95 Å². The zero-order valence-corrected chi connectivity index (χ0v) is 14.9. The summed E-state index contributed by atoms with van der Waals surface area (Å²) in [5, 5.41) is 14.6. The lowest BCUT2D eigenvalue weighted by molar-refractivity contribution is 0.380. The van der Waals surface area contributed by atoms with E-state index in [4.69, 9.17) is 10.3 Å². The largest absolute Gasteiger partial charge is 0.368 e. The van der Waals surface area contributed by atoms with E-state index in [9.17, 15) is 0 Å². The van der Waals surface area contributed by atoms with Crippen molar-refractivity contribution in [2.45, 2.75) is 46.0 Å². The maximum atomic E-state index is 5.75. The number of nitrogens with two attached hydrogens (primary N) is 1. The van der Waals surface area contributed by atoms with Crippen molar-refractivity contribution in [1.29, 1.82) is 0 Å². The van der Waals surface area contributed by atoms with Crippen molar-refractivity contribution >= 4 is 17.6 Å². The van der Waals surface area contributed by atoms with Crippen LogP contribution in [0.3, 0.4) is 0 Å². The molecule has 4 N–H and O–H groups in total. The standard InChI is InChI=1S/C17H23N7O/c1-9(2)13-7-15(23-22-13)20-16-11(8-19-17(18)21-16)5-12-6-14(10(3)4)24-25-12/h6-10H,5H2,1-4H3,(H4,18,19,20,21,22,23). The van der Waals surface area contributed by atoms with Gasteiger partial charge in [0.15, 0.2) is 5.82 Å². The van der Waals surface area contributed by atoms with Gasteiger partial charge in [-0.1, -0.05) is 32.9 Å². The number of aromatic nitrogens is 5. The van der Waals surface area contributed by atoms with Crippen LogP contribution in [-0.4, -0.2) is 25.3 Å². The summed E-state index contributed by atoms with van der Waals surface area (Å²) in [6.07, 6.45) is 2.21. The summed E-state index contributed by atoms with van der Waals surface area (Å²) < 4.78 is 5.41. The molecule has 8 nitrogen and oxygen atoms in total. The van der Waals surface area contributed by atoms with Crippen molar-refractivity contribution in [2.24, 2.45) is 0 Å². The molecular formula is C17H23N7O. The molecule has 0 fully saturated rings. The minimum absolute atomic E-state index is 0.200. The van der Waals surface area contributed by atoms with E-state index in [0.717, 1.165) is 22.7 Å². The summed E-state index contributed by atoms with van der Waals surface area (Å²) in [7, 11) is 0. The number of hydrogen-bond donors (Lipinski definition) is 3. The first-order valence-electron chi connectivity index (χ1n) is 8.31. The van der Waals surface area contributed by atoms with Gasteiger partial charge in [-0.05, 0) is 11.8 Å². The molecule has 0 radical (unpaired) electrons. The molecule has 3 aromatic rings. The van der Waals surface area contributed by atoms with Gasteiger partial charge in [-0.3, -0.25) is 5.10 Å². The lowest BCUT2D eigenvalue weighted by Gasteiger charge is -2.08. The molecule has 25 heavy (non-hydrogen) atoms. The molecule has 0 bridgehead atoms. The van der Waals surface area contributed by atoms with E-state index in [0.29, 0.717) is 29.9 Å². The van der Waals surface area contributed by atoms with Gasteiger partial charge in [-0.15, -0.1) is 0 Å². The highest BCUT2D eigenvalue weighted by molar-refractivity contribution is 5.57. The van der Waals surface area contributed by atoms with Gasteiger partial charge in [0.2, 0.25) is 5.95 Å². The SMILES string of the molecule is CC(C)c1cc(Cc2cnc(N)nc2Nc2cc(C(C)C)[nH]n2)on1. The Morgan fingerprint density at radius 2 is 2.00 bits per heavy atom. The summed E-state index contributed by atoms with van der Waals surface area (Å²) in [4.78, 5) is 8.39. The third kappa shape index (κ3) is 3.96. The predicted molar refractivity (Wildman–Crippen MR) is 95.8 cm³/mol. The average molecular weight is 341 g/mol. The number of nitrogen functional groups attached to an aromatic ring is 1. The number of hydrogen-bond acceptors (Lipinski definition) is 7. The number of anilines is 3. The van der Waals surface area contributed by atoms with Gasteiger partial charge in [-0.25, -0.2) is 4.98 Å². The van der Waals surface area contributed by atoms with Crippen molar-refractivity contribution in [1.82, 2.24) is 25.3 Å². The summed E-state index contributed by atoms with van der Waals surface area (Å²) in [5.41, 5.74) is 8.57. The molecule has 0 aliphatic carbocycles. The van der Waals surface area contributed by atoms with Crippen molar-refractivity contribution in [3.05, 3.63) is 41.0 Å². The molecule has 3 heterocycles. The van der Waals surface area contributed by atoms with E-state index in [1.54, 1.807) is 6.20 Å². The Bertz CT molecular complexity index is 850. The van der Waals surface area contributed by atoms with Crippen LogP contribution in [0, 0.1) is 0 Å². The Hall–Kier alpha value is -2.90. The molecular weight excluding hydrogens is 318 g/mol. The van der Waals surface area contributed by atoms with Crippen LogP contribution in [0.4, 0.5) is 17.6 Å². The Morgan fingerprint density at radius 1 is 1.20 bits per heavy atom. The molecule has 132 valence electrons. The summed E-state index contributed by atoms with van der Waals surface area (Å²) >= 11 is 0. The number of H-pyrrole nitrogens is 1. The Balaban J connectivity index is 1.84. The zero-order valence-electron chi connectivity index (χ0n) is 14.9. The molecule has 0 unspecified atom stereocenters. The second kappa shape index (κ2) is 6.92. The van der Waals surface area contributed by atoms with Gasteiger partial charge >= 0.3 is 0 Å². The fourth-order valence-electron chi connectivity index (χ4n) is 2.35. The van der Waals surface area contributed by atoms with E-state index >= 15 is 0 Å². The number of aromatic amines is 1. The predicted octanol–water partition coefficient (Wildman–Crippen LogP) is 3.35. The van der Waals surface area contributed by atoms with Gasteiger partial charge < -0.3 is 15.6 Å². The monoisotopic (exact) mass is 341 g/mol. The number of rotatable bonds is 6. The van der Waals surface area contributed by atoms with E-state index in [1.165, 1.54) is 0 Å². The zero-order chi connectivity index (χ0) is 18.0. The van der Waals surface area contributed by atoms with Crippen LogP contribution in [0.1, 0.15) is 62.2 Å². The van der Waals surface area contributed by atoms with Crippen LogP contribution < -0.4 is 11.1 Å². The van der Waals surface area contributed by atoms with Gasteiger partial charge in [-0.2, -0.15) is 10.1 Å². The fraction of sp³-hybridized carbons (Fsp3) is 0.412. The Kier molecular flexibility index (Phi) is 4.69.